The van der Waals surface area contributed by atoms with Crippen molar-refractivity contribution in [2.24, 2.45) is 0 Å². The molecule has 0 fully saturated rings. The summed E-state index contributed by atoms with van der Waals surface area (Å²) in [6.45, 7) is 8.15. The van der Waals surface area contributed by atoms with Crippen LogP contribution in [0.15, 0.2) is 88.7 Å². The number of aryl methyl sites for hydroxylation is 1. The van der Waals surface area contributed by atoms with Gasteiger partial charge in [0.05, 0.1) is 10.4 Å². The van der Waals surface area contributed by atoms with E-state index in [1.165, 1.54) is 17.5 Å². The quantitative estimate of drug-likeness (QED) is 0.225. The van der Waals surface area contributed by atoms with Gasteiger partial charge in [0.25, 0.3) is 0 Å². The van der Waals surface area contributed by atoms with E-state index in [-0.39, 0.29) is 6.61 Å². The van der Waals surface area contributed by atoms with Crippen LogP contribution in [-0.2, 0) is 9.54 Å². The van der Waals surface area contributed by atoms with Crippen LogP contribution in [0.5, 0.6) is 5.75 Å². The lowest BCUT2D eigenvalue weighted by Gasteiger charge is -2.28. The van der Waals surface area contributed by atoms with Crippen LogP contribution in [0.1, 0.15) is 55.5 Å². The van der Waals surface area contributed by atoms with Gasteiger partial charge >= 0.3 is 5.97 Å². The first-order valence-electron chi connectivity index (χ1n) is 12.0. The molecule has 6 heteroatoms. The Bertz CT molecular complexity index is 1300. The number of thioether (sulfide) groups is 1. The van der Waals surface area contributed by atoms with Gasteiger partial charge in [0.2, 0.25) is 0 Å². The number of aromatic nitrogens is 1. The molecule has 1 heterocycles. The molecular formula is C30H31NO4S. The number of carboxylic acid groups (broad SMARTS) is 1. The molecule has 4 aromatic rings. The molecule has 0 aliphatic carbocycles. The summed E-state index contributed by atoms with van der Waals surface area (Å²) >= 11 is 1.66. The lowest BCUT2D eigenvalue weighted by molar-refractivity contribution is -0.139. The predicted octanol–water partition coefficient (Wildman–Crippen LogP) is 7.68. The van der Waals surface area contributed by atoms with Gasteiger partial charge in [0, 0.05) is 4.90 Å². The number of hydrogen-bond donors (Lipinski definition) is 1. The molecule has 36 heavy (non-hydrogen) atoms. The molecule has 0 aliphatic rings. The van der Waals surface area contributed by atoms with Gasteiger partial charge in [-0.1, -0.05) is 62.4 Å². The zero-order valence-corrected chi connectivity index (χ0v) is 21.8. The highest BCUT2D eigenvalue weighted by molar-refractivity contribution is 8.00. The van der Waals surface area contributed by atoms with E-state index in [2.05, 4.69) is 74.3 Å². The van der Waals surface area contributed by atoms with Crippen molar-refractivity contribution in [2.75, 3.05) is 6.61 Å². The Labute approximate surface area is 216 Å². The molecule has 0 radical (unpaired) electrons. The number of ether oxygens (including phenoxy) is 1. The number of hydrogen-bond acceptors (Lipinski definition) is 5. The minimum Gasteiger partial charge on any atom is -0.482 e. The van der Waals surface area contributed by atoms with E-state index < -0.39 is 10.7 Å². The van der Waals surface area contributed by atoms with Crippen molar-refractivity contribution in [3.63, 3.8) is 0 Å². The Hall–Kier alpha value is -3.51. The van der Waals surface area contributed by atoms with Gasteiger partial charge in [-0.15, -0.1) is 11.8 Å². The number of aliphatic carboxylic acids is 1. The third kappa shape index (κ3) is 5.65. The lowest BCUT2D eigenvalue weighted by atomic mass is 9.93. The molecule has 186 valence electrons. The molecule has 0 amide bonds. The number of benzene rings is 3. The SMILES string of the molecule is CCC(C)c1ccc(-c2ccc(C(C)(Sc3ccc(OCC(=O)O)c(C)c3)c3cocn3)cc2)cc1. The molecule has 2 atom stereocenters. The molecule has 4 rings (SSSR count). The third-order valence-corrected chi connectivity index (χ3v) is 7.94. The Morgan fingerprint density at radius 3 is 2.31 bits per heavy atom. The fourth-order valence-corrected chi connectivity index (χ4v) is 5.45. The molecule has 0 saturated carbocycles. The van der Waals surface area contributed by atoms with Crippen molar-refractivity contribution in [3.8, 4) is 16.9 Å². The monoisotopic (exact) mass is 501 g/mol. The molecule has 0 aliphatic heterocycles. The van der Waals surface area contributed by atoms with Crippen LogP contribution < -0.4 is 4.74 Å². The molecular weight excluding hydrogens is 470 g/mol. The number of oxazole rings is 1. The largest absolute Gasteiger partial charge is 0.482 e. The van der Waals surface area contributed by atoms with Crippen molar-refractivity contribution in [1.82, 2.24) is 4.98 Å². The number of carbonyl (C=O) groups is 1. The number of rotatable bonds is 10. The van der Waals surface area contributed by atoms with Gasteiger partial charge < -0.3 is 14.3 Å². The zero-order valence-electron chi connectivity index (χ0n) is 21.0. The van der Waals surface area contributed by atoms with E-state index in [9.17, 15) is 4.79 Å². The topological polar surface area (TPSA) is 72.6 Å². The smallest absolute Gasteiger partial charge is 0.341 e. The van der Waals surface area contributed by atoms with Crippen LogP contribution in [0.3, 0.4) is 0 Å². The van der Waals surface area contributed by atoms with Crippen molar-refractivity contribution in [2.45, 2.75) is 49.7 Å². The van der Waals surface area contributed by atoms with E-state index >= 15 is 0 Å². The lowest BCUT2D eigenvalue weighted by Crippen LogP contribution is -2.19. The van der Waals surface area contributed by atoms with E-state index in [1.54, 1.807) is 18.0 Å². The second kappa shape index (κ2) is 11.0. The second-order valence-corrected chi connectivity index (χ2v) is 10.6. The molecule has 0 spiro atoms. The summed E-state index contributed by atoms with van der Waals surface area (Å²) < 4.78 is 10.2. The number of nitrogens with zero attached hydrogens (tertiary/aromatic N) is 1. The van der Waals surface area contributed by atoms with Gasteiger partial charge in [-0.2, -0.15) is 0 Å². The first-order valence-corrected chi connectivity index (χ1v) is 12.9. The highest BCUT2D eigenvalue weighted by atomic mass is 32.2. The average Bonchev–Trinajstić information content (AvgIpc) is 3.44. The maximum absolute atomic E-state index is 10.9. The Balaban J connectivity index is 1.61. The molecule has 0 bridgehead atoms. The Morgan fingerprint density at radius 1 is 1.08 bits per heavy atom. The highest BCUT2D eigenvalue weighted by Gasteiger charge is 2.33. The van der Waals surface area contributed by atoms with Crippen LogP contribution >= 0.6 is 11.8 Å². The minimum atomic E-state index is -0.999. The molecule has 3 aromatic carbocycles. The van der Waals surface area contributed by atoms with Crippen molar-refractivity contribution in [3.05, 3.63) is 102 Å². The molecule has 0 saturated heterocycles. The molecule has 5 nitrogen and oxygen atoms in total. The maximum Gasteiger partial charge on any atom is 0.341 e. The van der Waals surface area contributed by atoms with Gasteiger partial charge in [-0.3, -0.25) is 0 Å². The van der Waals surface area contributed by atoms with Crippen molar-refractivity contribution >= 4 is 17.7 Å². The standard InChI is InChI=1S/C30H31NO4S/c1-5-20(2)22-6-8-23(9-7-22)24-10-12-25(13-11-24)30(4,28-17-34-19-31-28)36-26-14-15-27(21(3)16-26)35-18-29(32)33/h6-17,19-20H,5,18H2,1-4H3,(H,32,33). The number of carboxylic acids is 1. The summed E-state index contributed by atoms with van der Waals surface area (Å²) in [7, 11) is 0. The summed E-state index contributed by atoms with van der Waals surface area (Å²) in [6, 6.07) is 23.2. The zero-order chi connectivity index (χ0) is 25.7. The van der Waals surface area contributed by atoms with E-state index in [0.29, 0.717) is 11.7 Å². The first kappa shape index (κ1) is 25.6. The summed E-state index contributed by atoms with van der Waals surface area (Å²) in [6.07, 6.45) is 4.27. The van der Waals surface area contributed by atoms with Crippen LogP contribution in [0.2, 0.25) is 0 Å². The van der Waals surface area contributed by atoms with Gasteiger partial charge in [0.1, 0.15) is 12.0 Å². The Kier molecular flexibility index (Phi) is 7.85. The van der Waals surface area contributed by atoms with E-state index in [4.69, 9.17) is 14.3 Å². The van der Waals surface area contributed by atoms with Crippen LogP contribution in [0.25, 0.3) is 11.1 Å². The summed E-state index contributed by atoms with van der Waals surface area (Å²) in [5.41, 5.74) is 6.52. The molecule has 2 unspecified atom stereocenters. The van der Waals surface area contributed by atoms with Crippen molar-refractivity contribution < 1.29 is 19.1 Å². The fraction of sp³-hybridized carbons (Fsp3) is 0.267. The summed E-state index contributed by atoms with van der Waals surface area (Å²) in [5, 5.41) is 8.90. The second-order valence-electron chi connectivity index (χ2n) is 9.13. The average molecular weight is 502 g/mol. The van der Waals surface area contributed by atoms with Gasteiger partial charge in [-0.05, 0) is 72.2 Å². The first-order chi connectivity index (χ1) is 17.3. The normalized spacial score (nSPS) is 13.7. The minimum absolute atomic E-state index is 0.364. The summed E-state index contributed by atoms with van der Waals surface area (Å²) in [4.78, 5) is 16.4. The fourth-order valence-electron chi connectivity index (χ4n) is 4.15. The van der Waals surface area contributed by atoms with Gasteiger partial charge in [-0.25, -0.2) is 9.78 Å². The molecule has 1 aromatic heterocycles. The maximum atomic E-state index is 10.9. The molecule has 1 N–H and O–H groups in total. The van der Waals surface area contributed by atoms with Crippen LogP contribution in [0.4, 0.5) is 0 Å². The van der Waals surface area contributed by atoms with E-state index in [1.807, 2.05) is 25.1 Å². The predicted molar refractivity (Wildman–Crippen MR) is 144 cm³/mol. The summed E-state index contributed by atoms with van der Waals surface area (Å²) in [5.74, 6) is 0.123. The third-order valence-electron chi connectivity index (χ3n) is 6.60. The van der Waals surface area contributed by atoms with Gasteiger partial charge in [0.15, 0.2) is 13.0 Å². The highest BCUT2D eigenvalue weighted by Crippen LogP contribution is 2.46. The van der Waals surface area contributed by atoms with Crippen LogP contribution in [-0.4, -0.2) is 22.7 Å². The Morgan fingerprint density at radius 2 is 1.75 bits per heavy atom. The van der Waals surface area contributed by atoms with Crippen molar-refractivity contribution in [1.29, 1.82) is 0 Å². The van der Waals surface area contributed by atoms with Crippen LogP contribution in [0, 0.1) is 6.92 Å². The van der Waals surface area contributed by atoms with E-state index in [0.717, 1.165) is 33.7 Å².